The smallest absolute Gasteiger partial charge is 0.407 e. The number of likely N-dealkylation sites (tertiary alicyclic amines) is 1. The standard InChI is InChI=1S/C16H20N2O3/c19-15(7-6-13-4-2-1-3-5-13)17-12-14-8-10-18(11-9-14)16(20)21/h1-7,14H,8-12H2,(H,17,19)(H,20,21)/b7-6+. The number of carboxylic acid groups (broad SMARTS) is 1. The Morgan fingerprint density at radius 2 is 1.90 bits per heavy atom. The molecule has 1 aromatic rings. The van der Waals surface area contributed by atoms with Crippen molar-refractivity contribution in [3.8, 4) is 0 Å². The molecule has 2 rings (SSSR count). The summed E-state index contributed by atoms with van der Waals surface area (Å²) in [6.07, 6.45) is 4.05. The summed E-state index contributed by atoms with van der Waals surface area (Å²) in [6.45, 7) is 1.71. The van der Waals surface area contributed by atoms with Crippen molar-refractivity contribution in [2.45, 2.75) is 12.8 Å². The second-order valence-corrected chi connectivity index (χ2v) is 5.20. The Balaban J connectivity index is 1.70. The monoisotopic (exact) mass is 288 g/mol. The molecule has 0 saturated carbocycles. The molecule has 0 aromatic heterocycles. The average Bonchev–Trinajstić information content (AvgIpc) is 2.52. The van der Waals surface area contributed by atoms with Crippen LogP contribution < -0.4 is 5.32 Å². The number of hydrogen-bond acceptors (Lipinski definition) is 2. The predicted molar refractivity (Wildman–Crippen MR) is 80.8 cm³/mol. The van der Waals surface area contributed by atoms with Gasteiger partial charge in [-0.3, -0.25) is 4.79 Å². The van der Waals surface area contributed by atoms with Crippen LogP contribution in [0.3, 0.4) is 0 Å². The summed E-state index contributed by atoms with van der Waals surface area (Å²) in [5.41, 5.74) is 0.988. The van der Waals surface area contributed by atoms with Gasteiger partial charge >= 0.3 is 6.09 Å². The fourth-order valence-corrected chi connectivity index (χ4v) is 2.37. The number of carbonyl (C=O) groups is 2. The first-order chi connectivity index (χ1) is 10.1. The summed E-state index contributed by atoms with van der Waals surface area (Å²) in [7, 11) is 0. The molecule has 21 heavy (non-hydrogen) atoms. The summed E-state index contributed by atoms with van der Waals surface area (Å²) >= 11 is 0. The second kappa shape index (κ2) is 7.47. The molecule has 1 aliphatic rings. The van der Waals surface area contributed by atoms with Crippen LogP contribution in [-0.4, -0.2) is 41.6 Å². The Morgan fingerprint density at radius 3 is 2.52 bits per heavy atom. The van der Waals surface area contributed by atoms with Crippen molar-refractivity contribution >= 4 is 18.1 Å². The van der Waals surface area contributed by atoms with Gasteiger partial charge in [-0.25, -0.2) is 4.79 Å². The molecular weight excluding hydrogens is 268 g/mol. The lowest BCUT2D eigenvalue weighted by Crippen LogP contribution is -2.40. The third kappa shape index (κ3) is 4.95. The van der Waals surface area contributed by atoms with Gasteiger partial charge in [0, 0.05) is 25.7 Å². The first-order valence-corrected chi connectivity index (χ1v) is 7.14. The Kier molecular flexibility index (Phi) is 5.37. The van der Waals surface area contributed by atoms with Gasteiger partial charge < -0.3 is 15.3 Å². The zero-order chi connectivity index (χ0) is 15.1. The number of hydrogen-bond donors (Lipinski definition) is 2. The highest BCUT2D eigenvalue weighted by Gasteiger charge is 2.22. The normalized spacial score (nSPS) is 16.1. The maximum Gasteiger partial charge on any atom is 0.407 e. The van der Waals surface area contributed by atoms with Crippen molar-refractivity contribution in [2.24, 2.45) is 5.92 Å². The molecule has 0 bridgehead atoms. The molecule has 5 heteroatoms. The number of carbonyl (C=O) groups excluding carboxylic acids is 1. The van der Waals surface area contributed by atoms with Crippen LogP contribution in [0.15, 0.2) is 36.4 Å². The Morgan fingerprint density at radius 1 is 1.24 bits per heavy atom. The molecule has 5 nitrogen and oxygen atoms in total. The highest BCUT2D eigenvalue weighted by molar-refractivity contribution is 5.91. The average molecular weight is 288 g/mol. The lowest BCUT2D eigenvalue weighted by atomic mass is 9.97. The van der Waals surface area contributed by atoms with Gasteiger partial charge in [-0.05, 0) is 30.4 Å². The minimum atomic E-state index is -0.858. The van der Waals surface area contributed by atoms with Gasteiger partial charge in [0.2, 0.25) is 5.91 Å². The van der Waals surface area contributed by atoms with Crippen molar-refractivity contribution < 1.29 is 14.7 Å². The fraction of sp³-hybridized carbons (Fsp3) is 0.375. The van der Waals surface area contributed by atoms with Crippen molar-refractivity contribution in [3.63, 3.8) is 0 Å². The Labute approximate surface area is 124 Å². The van der Waals surface area contributed by atoms with Gasteiger partial charge in [-0.1, -0.05) is 30.3 Å². The molecule has 0 spiro atoms. The van der Waals surface area contributed by atoms with E-state index in [1.165, 1.54) is 11.0 Å². The molecule has 1 saturated heterocycles. The topological polar surface area (TPSA) is 69.6 Å². The van der Waals surface area contributed by atoms with Crippen LogP contribution in [0.2, 0.25) is 0 Å². The molecule has 1 heterocycles. The van der Waals surface area contributed by atoms with Crippen LogP contribution in [0.1, 0.15) is 18.4 Å². The quantitative estimate of drug-likeness (QED) is 0.835. The molecule has 2 N–H and O–H groups in total. The number of piperidine rings is 1. The minimum Gasteiger partial charge on any atom is -0.465 e. The first-order valence-electron chi connectivity index (χ1n) is 7.14. The molecular formula is C16H20N2O3. The summed E-state index contributed by atoms with van der Waals surface area (Å²) in [5, 5.41) is 11.7. The summed E-state index contributed by atoms with van der Waals surface area (Å²) in [6, 6.07) is 9.65. The second-order valence-electron chi connectivity index (χ2n) is 5.20. The van der Waals surface area contributed by atoms with E-state index in [1.807, 2.05) is 30.3 Å². The van der Waals surface area contributed by atoms with E-state index in [0.29, 0.717) is 25.6 Å². The van der Waals surface area contributed by atoms with Crippen LogP contribution >= 0.6 is 0 Å². The number of nitrogens with zero attached hydrogens (tertiary/aromatic N) is 1. The minimum absolute atomic E-state index is 0.112. The van der Waals surface area contributed by atoms with Gasteiger partial charge in [-0.15, -0.1) is 0 Å². The molecule has 2 amide bonds. The zero-order valence-electron chi connectivity index (χ0n) is 11.9. The van der Waals surface area contributed by atoms with E-state index in [2.05, 4.69) is 5.32 Å². The molecule has 0 aliphatic carbocycles. The summed E-state index contributed by atoms with van der Waals surface area (Å²) in [4.78, 5) is 23.9. The largest absolute Gasteiger partial charge is 0.465 e. The zero-order valence-corrected chi connectivity index (χ0v) is 11.9. The van der Waals surface area contributed by atoms with Crippen LogP contribution in [0.5, 0.6) is 0 Å². The van der Waals surface area contributed by atoms with Crippen LogP contribution in [0.25, 0.3) is 6.08 Å². The van der Waals surface area contributed by atoms with Crippen molar-refractivity contribution in [1.82, 2.24) is 10.2 Å². The van der Waals surface area contributed by atoms with Gasteiger partial charge in [0.1, 0.15) is 0 Å². The van der Waals surface area contributed by atoms with Gasteiger partial charge in [-0.2, -0.15) is 0 Å². The molecule has 1 aliphatic heterocycles. The Bertz CT molecular complexity index is 506. The third-order valence-corrected chi connectivity index (χ3v) is 3.68. The number of rotatable bonds is 4. The summed E-state index contributed by atoms with van der Waals surface area (Å²) < 4.78 is 0. The number of nitrogens with one attached hydrogen (secondary N) is 1. The van der Waals surface area contributed by atoms with E-state index in [1.54, 1.807) is 6.08 Å². The SMILES string of the molecule is O=C(/C=C/c1ccccc1)NCC1CCN(C(=O)O)CC1. The van der Waals surface area contributed by atoms with Crippen molar-refractivity contribution in [3.05, 3.63) is 42.0 Å². The first kappa shape index (κ1) is 15.1. The van der Waals surface area contributed by atoms with E-state index in [-0.39, 0.29) is 5.91 Å². The lowest BCUT2D eigenvalue weighted by Gasteiger charge is -2.29. The highest BCUT2D eigenvalue weighted by atomic mass is 16.4. The Hall–Kier alpha value is -2.30. The molecule has 0 unspecified atom stereocenters. The molecule has 1 fully saturated rings. The van der Waals surface area contributed by atoms with Crippen molar-refractivity contribution in [2.75, 3.05) is 19.6 Å². The predicted octanol–water partition coefficient (Wildman–Crippen LogP) is 2.21. The number of benzene rings is 1. The summed E-state index contributed by atoms with van der Waals surface area (Å²) in [5.74, 6) is 0.245. The van der Waals surface area contributed by atoms with Crippen LogP contribution in [0, 0.1) is 5.92 Å². The molecule has 0 radical (unpaired) electrons. The molecule has 112 valence electrons. The van der Waals surface area contributed by atoms with E-state index in [9.17, 15) is 9.59 Å². The van der Waals surface area contributed by atoms with Gasteiger partial charge in [0.05, 0.1) is 0 Å². The maximum absolute atomic E-state index is 11.7. The van der Waals surface area contributed by atoms with Crippen LogP contribution in [0.4, 0.5) is 4.79 Å². The van der Waals surface area contributed by atoms with Crippen LogP contribution in [-0.2, 0) is 4.79 Å². The highest BCUT2D eigenvalue weighted by Crippen LogP contribution is 2.16. The molecule has 1 aromatic carbocycles. The van der Waals surface area contributed by atoms with Gasteiger partial charge in [0.15, 0.2) is 0 Å². The van der Waals surface area contributed by atoms with Crippen molar-refractivity contribution in [1.29, 1.82) is 0 Å². The number of amides is 2. The third-order valence-electron chi connectivity index (χ3n) is 3.68. The maximum atomic E-state index is 11.7. The van der Waals surface area contributed by atoms with E-state index >= 15 is 0 Å². The van der Waals surface area contributed by atoms with E-state index < -0.39 is 6.09 Å². The molecule has 0 atom stereocenters. The van der Waals surface area contributed by atoms with E-state index in [4.69, 9.17) is 5.11 Å². The lowest BCUT2D eigenvalue weighted by molar-refractivity contribution is -0.116. The van der Waals surface area contributed by atoms with E-state index in [0.717, 1.165) is 18.4 Å². The fourth-order valence-electron chi connectivity index (χ4n) is 2.37. The van der Waals surface area contributed by atoms with Gasteiger partial charge in [0.25, 0.3) is 0 Å².